The molecule has 1 aromatic heterocycles. The Kier molecular flexibility index (Phi) is 5.93. The van der Waals surface area contributed by atoms with Crippen LogP contribution in [0.15, 0.2) is 16.9 Å². The van der Waals surface area contributed by atoms with Crippen molar-refractivity contribution in [2.45, 2.75) is 13.8 Å². The molecule has 0 radical (unpaired) electrons. The molecule has 6 nitrogen and oxygen atoms in total. The van der Waals surface area contributed by atoms with Crippen molar-refractivity contribution in [2.24, 2.45) is 5.92 Å². The van der Waals surface area contributed by atoms with Gasteiger partial charge in [0.05, 0.1) is 4.47 Å². The summed E-state index contributed by atoms with van der Waals surface area (Å²) in [6.07, 6.45) is 3.50. The highest BCUT2D eigenvalue weighted by Gasteiger charge is 2.25. The molecule has 0 bridgehead atoms. The maximum atomic E-state index is 12.3. The molecule has 2 heterocycles. The smallest absolute Gasteiger partial charge is 0.226 e. The topological polar surface area (TPSA) is 61.4 Å². The van der Waals surface area contributed by atoms with Crippen LogP contribution in [0.3, 0.4) is 0 Å². The average molecular weight is 356 g/mol. The molecular formula is C14H22BrN5O. The van der Waals surface area contributed by atoms with Crippen LogP contribution in [-0.2, 0) is 4.79 Å². The molecule has 1 amide bonds. The van der Waals surface area contributed by atoms with E-state index in [1.807, 2.05) is 18.7 Å². The first-order chi connectivity index (χ1) is 10.1. The lowest BCUT2D eigenvalue weighted by atomic mass is 10.1. The molecular weight excluding hydrogens is 334 g/mol. The largest absolute Gasteiger partial charge is 0.339 e. The fourth-order valence-electron chi connectivity index (χ4n) is 2.36. The van der Waals surface area contributed by atoms with Crippen LogP contribution in [0.2, 0.25) is 0 Å². The molecule has 1 unspecified atom stereocenters. The first kappa shape index (κ1) is 16.2. The Morgan fingerprint density at radius 3 is 2.52 bits per heavy atom. The maximum Gasteiger partial charge on any atom is 0.226 e. The highest BCUT2D eigenvalue weighted by Crippen LogP contribution is 2.14. The normalized spacial score (nSPS) is 16.9. The Hall–Kier alpha value is -1.21. The second kappa shape index (κ2) is 7.70. The van der Waals surface area contributed by atoms with Gasteiger partial charge in [0.2, 0.25) is 11.9 Å². The predicted octanol–water partition coefficient (Wildman–Crippen LogP) is 1.13. The van der Waals surface area contributed by atoms with E-state index in [1.165, 1.54) is 0 Å². The van der Waals surface area contributed by atoms with Crippen LogP contribution in [0.5, 0.6) is 0 Å². The maximum absolute atomic E-state index is 12.3. The van der Waals surface area contributed by atoms with E-state index in [0.29, 0.717) is 0 Å². The van der Waals surface area contributed by atoms with Gasteiger partial charge >= 0.3 is 0 Å². The Labute approximate surface area is 134 Å². The minimum Gasteiger partial charge on any atom is -0.339 e. The number of carbonyl (C=O) groups is 1. The number of piperazine rings is 1. The van der Waals surface area contributed by atoms with Crippen LogP contribution in [0.4, 0.5) is 5.95 Å². The molecule has 7 heteroatoms. The predicted molar refractivity (Wildman–Crippen MR) is 86.2 cm³/mol. The van der Waals surface area contributed by atoms with Gasteiger partial charge in [-0.2, -0.15) is 0 Å². The summed E-state index contributed by atoms with van der Waals surface area (Å²) in [6.45, 7) is 8.69. The second-order valence-corrected chi connectivity index (χ2v) is 6.14. The van der Waals surface area contributed by atoms with Crippen LogP contribution in [0.25, 0.3) is 0 Å². The van der Waals surface area contributed by atoms with Gasteiger partial charge in [0.1, 0.15) is 0 Å². The summed E-state index contributed by atoms with van der Waals surface area (Å²) < 4.78 is 0.873. The third kappa shape index (κ3) is 4.38. The average Bonchev–Trinajstić information content (AvgIpc) is 2.53. The minimum atomic E-state index is 0.0282. The second-order valence-electron chi connectivity index (χ2n) is 5.22. The van der Waals surface area contributed by atoms with Crippen molar-refractivity contribution < 1.29 is 4.79 Å². The Bertz CT molecular complexity index is 459. The number of anilines is 1. The van der Waals surface area contributed by atoms with Crippen molar-refractivity contribution in [3.63, 3.8) is 0 Å². The summed E-state index contributed by atoms with van der Waals surface area (Å²) >= 11 is 3.33. The van der Waals surface area contributed by atoms with E-state index in [9.17, 15) is 4.79 Å². The summed E-state index contributed by atoms with van der Waals surface area (Å²) in [5.74, 6) is 0.985. The lowest BCUT2D eigenvalue weighted by Crippen LogP contribution is -2.51. The molecule has 1 atom stereocenters. The molecule has 0 aromatic carbocycles. The van der Waals surface area contributed by atoms with Crippen molar-refractivity contribution in [1.29, 1.82) is 0 Å². The summed E-state index contributed by atoms with van der Waals surface area (Å²) in [5, 5.41) is 3.23. The molecule has 0 aliphatic carbocycles. The summed E-state index contributed by atoms with van der Waals surface area (Å²) in [6, 6.07) is 0. The molecule has 1 aromatic rings. The zero-order chi connectivity index (χ0) is 15.2. The number of hydrogen-bond acceptors (Lipinski definition) is 5. The van der Waals surface area contributed by atoms with E-state index >= 15 is 0 Å². The number of hydrogen-bond donors (Lipinski definition) is 1. The molecule has 1 saturated heterocycles. The standard InChI is InChI=1S/C14H22BrN5O/c1-3-16-8-11(2)13(21)19-4-6-20(7-5-19)14-17-9-12(15)10-18-14/h9-11,16H,3-8H2,1-2H3. The van der Waals surface area contributed by atoms with Crippen LogP contribution < -0.4 is 10.2 Å². The van der Waals surface area contributed by atoms with Crippen molar-refractivity contribution >= 4 is 27.8 Å². The fourth-order valence-corrected chi connectivity index (χ4v) is 2.56. The summed E-state index contributed by atoms with van der Waals surface area (Å²) in [4.78, 5) is 25.0. The first-order valence-electron chi connectivity index (χ1n) is 7.33. The molecule has 1 N–H and O–H groups in total. The lowest BCUT2D eigenvalue weighted by molar-refractivity contribution is -0.135. The van der Waals surface area contributed by atoms with E-state index in [2.05, 4.69) is 36.1 Å². The Balaban J connectivity index is 1.85. The van der Waals surface area contributed by atoms with Gasteiger partial charge < -0.3 is 15.1 Å². The molecule has 21 heavy (non-hydrogen) atoms. The molecule has 0 spiro atoms. The third-order valence-corrected chi connectivity index (χ3v) is 4.01. The number of aromatic nitrogens is 2. The van der Waals surface area contributed by atoms with Gasteiger partial charge in [-0.1, -0.05) is 13.8 Å². The Morgan fingerprint density at radius 1 is 1.33 bits per heavy atom. The number of rotatable bonds is 5. The van der Waals surface area contributed by atoms with Gasteiger partial charge in [-0.3, -0.25) is 4.79 Å². The number of nitrogens with zero attached hydrogens (tertiary/aromatic N) is 4. The monoisotopic (exact) mass is 355 g/mol. The lowest BCUT2D eigenvalue weighted by Gasteiger charge is -2.36. The van der Waals surface area contributed by atoms with Crippen molar-refractivity contribution in [3.05, 3.63) is 16.9 Å². The van der Waals surface area contributed by atoms with E-state index in [-0.39, 0.29) is 11.8 Å². The van der Waals surface area contributed by atoms with Gasteiger partial charge in [0.25, 0.3) is 0 Å². The van der Waals surface area contributed by atoms with Crippen LogP contribution in [0.1, 0.15) is 13.8 Å². The fraction of sp³-hybridized carbons (Fsp3) is 0.643. The van der Waals surface area contributed by atoms with Crippen LogP contribution in [-0.4, -0.2) is 60.0 Å². The summed E-state index contributed by atoms with van der Waals surface area (Å²) in [7, 11) is 0. The summed E-state index contributed by atoms with van der Waals surface area (Å²) in [5.41, 5.74) is 0. The molecule has 2 rings (SSSR count). The Morgan fingerprint density at radius 2 is 1.95 bits per heavy atom. The number of nitrogens with one attached hydrogen (secondary N) is 1. The van der Waals surface area contributed by atoms with Crippen molar-refractivity contribution in [3.8, 4) is 0 Å². The van der Waals surface area contributed by atoms with Gasteiger partial charge in [0.15, 0.2) is 0 Å². The van der Waals surface area contributed by atoms with E-state index in [0.717, 1.165) is 49.7 Å². The highest BCUT2D eigenvalue weighted by atomic mass is 79.9. The third-order valence-electron chi connectivity index (χ3n) is 3.60. The minimum absolute atomic E-state index is 0.0282. The van der Waals surface area contributed by atoms with Crippen molar-refractivity contribution in [1.82, 2.24) is 20.2 Å². The van der Waals surface area contributed by atoms with E-state index in [1.54, 1.807) is 12.4 Å². The van der Waals surface area contributed by atoms with Gasteiger partial charge in [0, 0.05) is 51.0 Å². The van der Waals surface area contributed by atoms with Crippen LogP contribution in [0, 0.1) is 5.92 Å². The van der Waals surface area contributed by atoms with Gasteiger partial charge in [-0.25, -0.2) is 9.97 Å². The molecule has 1 fully saturated rings. The van der Waals surface area contributed by atoms with Crippen LogP contribution >= 0.6 is 15.9 Å². The highest BCUT2D eigenvalue weighted by molar-refractivity contribution is 9.10. The zero-order valence-electron chi connectivity index (χ0n) is 12.5. The number of halogens is 1. The number of amides is 1. The molecule has 1 aliphatic rings. The van der Waals surface area contributed by atoms with E-state index < -0.39 is 0 Å². The SMILES string of the molecule is CCNCC(C)C(=O)N1CCN(c2ncc(Br)cn2)CC1. The molecule has 1 aliphatic heterocycles. The first-order valence-corrected chi connectivity index (χ1v) is 8.13. The zero-order valence-corrected chi connectivity index (χ0v) is 14.1. The molecule has 0 saturated carbocycles. The van der Waals surface area contributed by atoms with Gasteiger partial charge in [-0.05, 0) is 22.5 Å². The van der Waals surface area contributed by atoms with E-state index in [4.69, 9.17) is 0 Å². The van der Waals surface area contributed by atoms with Gasteiger partial charge in [-0.15, -0.1) is 0 Å². The molecule has 116 valence electrons. The quantitative estimate of drug-likeness (QED) is 0.857. The van der Waals surface area contributed by atoms with Crippen molar-refractivity contribution in [2.75, 3.05) is 44.2 Å². The number of carbonyl (C=O) groups excluding carboxylic acids is 1.